The van der Waals surface area contributed by atoms with Crippen LogP contribution in [0.5, 0.6) is 0 Å². The van der Waals surface area contributed by atoms with Crippen molar-refractivity contribution in [2.24, 2.45) is 0 Å². The Labute approximate surface area is 173 Å². The summed E-state index contributed by atoms with van der Waals surface area (Å²) < 4.78 is 5.18. The number of ether oxygens (including phenoxy) is 1. The van der Waals surface area contributed by atoms with E-state index in [9.17, 15) is 14.4 Å². The molecule has 0 aliphatic carbocycles. The van der Waals surface area contributed by atoms with Gasteiger partial charge < -0.3 is 15.4 Å². The van der Waals surface area contributed by atoms with Crippen LogP contribution in [0.25, 0.3) is 0 Å². The topological polar surface area (TPSA) is 87.7 Å². The van der Waals surface area contributed by atoms with E-state index in [1.54, 1.807) is 51.1 Å². The summed E-state index contributed by atoms with van der Waals surface area (Å²) >= 11 is 0. The van der Waals surface area contributed by atoms with Gasteiger partial charge in [0.2, 0.25) is 5.91 Å². The van der Waals surface area contributed by atoms with Crippen LogP contribution in [0.4, 0.5) is 4.79 Å². The predicted octanol–water partition coefficient (Wildman–Crippen LogP) is 2.97. The summed E-state index contributed by atoms with van der Waals surface area (Å²) in [4.78, 5) is 39.0. The van der Waals surface area contributed by atoms with Gasteiger partial charge in [-0.2, -0.15) is 0 Å². The summed E-state index contributed by atoms with van der Waals surface area (Å²) in [6, 6.07) is 9.02. The van der Waals surface area contributed by atoms with Gasteiger partial charge >= 0.3 is 6.09 Å². The van der Waals surface area contributed by atoms with Crippen molar-refractivity contribution < 1.29 is 19.1 Å². The molecule has 29 heavy (non-hydrogen) atoms. The fraction of sp³-hybridized carbons (Fsp3) is 0.500. The van der Waals surface area contributed by atoms with E-state index in [4.69, 9.17) is 11.2 Å². The standard InChI is InChI=1S/C22H31N3O4/c1-9-25(19(27)15(2)23-20(28)29-22(6,7)8)17(16-13-11-10-12-14-16)18(26)24-21(3,4)5/h1,10-15,17H,2-8H3,(H,23,28)(H,24,26). The molecule has 3 amide bonds. The summed E-state index contributed by atoms with van der Waals surface area (Å²) in [6.07, 6.45) is 4.87. The Kier molecular flexibility index (Phi) is 7.84. The first-order valence-electron chi connectivity index (χ1n) is 9.41. The van der Waals surface area contributed by atoms with Crippen molar-refractivity contribution in [2.75, 3.05) is 0 Å². The van der Waals surface area contributed by atoms with Gasteiger partial charge in [0.05, 0.1) is 0 Å². The molecule has 1 rings (SSSR count). The minimum absolute atomic E-state index is 0.417. The Bertz CT molecular complexity index is 770. The highest BCUT2D eigenvalue weighted by molar-refractivity contribution is 5.93. The Morgan fingerprint density at radius 2 is 1.62 bits per heavy atom. The first-order valence-corrected chi connectivity index (χ1v) is 9.41. The lowest BCUT2D eigenvalue weighted by molar-refractivity contribution is -0.138. The Hall–Kier alpha value is -3.01. The molecule has 0 fully saturated rings. The number of amides is 3. The van der Waals surface area contributed by atoms with E-state index in [2.05, 4.69) is 16.7 Å². The van der Waals surface area contributed by atoms with Crippen LogP contribution in [-0.4, -0.2) is 40.0 Å². The zero-order valence-electron chi connectivity index (χ0n) is 18.2. The van der Waals surface area contributed by atoms with Crippen molar-refractivity contribution >= 4 is 17.9 Å². The van der Waals surface area contributed by atoms with Crippen molar-refractivity contribution in [3.8, 4) is 12.5 Å². The molecule has 0 bridgehead atoms. The molecule has 0 radical (unpaired) electrons. The molecule has 2 N–H and O–H groups in total. The van der Waals surface area contributed by atoms with Crippen LogP contribution >= 0.6 is 0 Å². The number of carbonyl (C=O) groups excluding carboxylic acids is 3. The van der Waals surface area contributed by atoms with E-state index in [1.165, 1.54) is 6.92 Å². The maximum Gasteiger partial charge on any atom is 0.408 e. The van der Waals surface area contributed by atoms with E-state index < -0.39 is 41.1 Å². The van der Waals surface area contributed by atoms with Gasteiger partial charge in [-0.1, -0.05) is 36.8 Å². The summed E-state index contributed by atoms with van der Waals surface area (Å²) in [5.74, 6) is -1.02. The molecule has 0 aliphatic rings. The molecule has 0 saturated heterocycles. The minimum Gasteiger partial charge on any atom is -0.444 e. The lowest BCUT2D eigenvalue weighted by Crippen LogP contribution is -2.52. The van der Waals surface area contributed by atoms with Crippen LogP contribution in [0, 0.1) is 12.5 Å². The highest BCUT2D eigenvalue weighted by Gasteiger charge is 2.35. The monoisotopic (exact) mass is 401 g/mol. The van der Waals surface area contributed by atoms with Crippen LogP contribution in [-0.2, 0) is 14.3 Å². The third-order valence-electron chi connectivity index (χ3n) is 3.60. The molecule has 158 valence electrons. The third kappa shape index (κ3) is 7.86. The first-order chi connectivity index (χ1) is 13.2. The molecule has 0 spiro atoms. The lowest BCUT2D eigenvalue weighted by atomic mass is 10.0. The first kappa shape index (κ1) is 24.0. The fourth-order valence-electron chi connectivity index (χ4n) is 2.51. The molecule has 0 aromatic heterocycles. The van der Waals surface area contributed by atoms with Gasteiger partial charge in [-0.15, -0.1) is 0 Å². The normalized spacial score (nSPS) is 13.4. The molecule has 0 aliphatic heterocycles. The number of rotatable bonds is 5. The number of hydrogen-bond donors (Lipinski definition) is 2. The molecular formula is C22H31N3O4. The van der Waals surface area contributed by atoms with E-state index in [1.807, 2.05) is 20.8 Å². The highest BCUT2D eigenvalue weighted by Crippen LogP contribution is 2.22. The van der Waals surface area contributed by atoms with Gasteiger partial charge in [0.25, 0.3) is 5.91 Å². The van der Waals surface area contributed by atoms with Crippen LogP contribution in [0.15, 0.2) is 30.3 Å². The number of benzene rings is 1. The van der Waals surface area contributed by atoms with Crippen LogP contribution < -0.4 is 10.6 Å². The molecule has 1 aromatic carbocycles. The number of nitrogens with zero attached hydrogens (tertiary/aromatic N) is 1. The van der Waals surface area contributed by atoms with Crippen molar-refractivity contribution in [1.82, 2.24) is 15.5 Å². The van der Waals surface area contributed by atoms with E-state index in [0.717, 1.165) is 4.90 Å². The smallest absolute Gasteiger partial charge is 0.408 e. The molecule has 0 heterocycles. The highest BCUT2D eigenvalue weighted by atomic mass is 16.6. The fourth-order valence-corrected chi connectivity index (χ4v) is 2.51. The minimum atomic E-state index is -1.05. The Balaban J connectivity index is 3.14. The molecule has 2 atom stereocenters. The number of carbonyl (C=O) groups is 3. The average molecular weight is 402 g/mol. The zero-order chi connectivity index (χ0) is 22.4. The average Bonchev–Trinajstić information content (AvgIpc) is 2.56. The van der Waals surface area contributed by atoms with Gasteiger partial charge in [0.1, 0.15) is 17.7 Å². The maximum absolute atomic E-state index is 13.0. The maximum atomic E-state index is 13.0. The van der Waals surface area contributed by atoms with Crippen molar-refractivity contribution in [2.45, 2.75) is 71.7 Å². The second-order valence-corrected chi connectivity index (χ2v) is 8.76. The number of nitrogens with one attached hydrogen (secondary N) is 2. The van der Waals surface area contributed by atoms with Crippen molar-refractivity contribution in [3.63, 3.8) is 0 Å². The molecule has 2 unspecified atom stereocenters. The van der Waals surface area contributed by atoms with Crippen LogP contribution in [0.2, 0.25) is 0 Å². The molecule has 0 saturated carbocycles. The quantitative estimate of drug-likeness (QED) is 0.587. The number of alkyl carbamates (subject to hydrolysis) is 1. The van der Waals surface area contributed by atoms with Gasteiger partial charge in [0.15, 0.2) is 0 Å². The van der Waals surface area contributed by atoms with Crippen molar-refractivity contribution in [1.29, 1.82) is 0 Å². The van der Waals surface area contributed by atoms with E-state index in [-0.39, 0.29) is 0 Å². The summed E-state index contributed by atoms with van der Waals surface area (Å²) in [6.45, 7) is 12.1. The van der Waals surface area contributed by atoms with Crippen LogP contribution in [0.1, 0.15) is 60.1 Å². The van der Waals surface area contributed by atoms with Gasteiger partial charge in [-0.05, 0) is 54.0 Å². The van der Waals surface area contributed by atoms with Gasteiger partial charge in [-0.25, -0.2) is 4.79 Å². The van der Waals surface area contributed by atoms with Gasteiger partial charge in [0, 0.05) is 11.6 Å². The molecule has 7 heteroatoms. The van der Waals surface area contributed by atoms with Crippen molar-refractivity contribution in [3.05, 3.63) is 35.9 Å². The van der Waals surface area contributed by atoms with E-state index >= 15 is 0 Å². The Morgan fingerprint density at radius 3 is 2.07 bits per heavy atom. The number of terminal acetylenes is 1. The Morgan fingerprint density at radius 1 is 1.07 bits per heavy atom. The summed E-state index contributed by atoms with van der Waals surface area (Å²) in [7, 11) is 0. The van der Waals surface area contributed by atoms with Crippen LogP contribution in [0.3, 0.4) is 0 Å². The molecule has 1 aromatic rings. The van der Waals surface area contributed by atoms with E-state index in [0.29, 0.717) is 5.56 Å². The largest absolute Gasteiger partial charge is 0.444 e. The summed E-state index contributed by atoms with van der Waals surface area (Å²) in [5.41, 5.74) is -0.670. The SMILES string of the molecule is C#CN(C(=O)C(C)NC(=O)OC(C)(C)C)C(C(=O)NC(C)(C)C)c1ccccc1. The second-order valence-electron chi connectivity index (χ2n) is 8.76. The second kappa shape index (κ2) is 9.46. The zero-order valence-corrected chi connectivity index (χ0v) is 18.2. The molecule has 7 nitrogen and oxygen atoms in total. The summed E-state index contributed by atoms with van der Waals surface area (Å²) in [5, 5.41) is 5.32. The third-order valence-corrected chi connectivity index (χ3v) is 3.60. The molecular weight excluding hydrogens is 370 g/mol. The lowest BCUT2D eigenvalue weighted by Gasteiger charge is -2.31. The predicted molar refractivity (Wildman–Crippen MR) is 112 cm³/mol. The number of hydrogen-bond acceptors (Lipinski definition) is 4. The van der Waals surface area contributed by atoms with Gasteiger partial charge in [-0.3, -0.25) is 14.5 Å².